The number of rotatable bonds is 7. The van der Waals surface area contributed by atoms with Crippen molar-refractivity contribution in [2.75, 3.05) is 6.61 Å². The number of hydrogen-bond acceptors (Lipinski definition) is 2. The van der Waals surface area contributed by atoms with Crippen molar-refractivity contribution in [3.63, 3.8) is 0 Å². The van der Waals surface area contributed by atoms with Crippen LogP contribution in [0.4, 0.5) is 0 Å². The maximum Gasteiger partial charge on any atom is 0.303 e. The lowest BCUT2D eigenvalue weighted by molar-refractivity contribution is -0.137. The molecule has 0 bridgehead atoms. The smallest absolute Gasteiger partial charge is 0.303 e. The Kier molecular flexibility index (Phi) is 4.78. The van der Waals surface area contributed by atoms with Crippen molar-refractivity contribution in [2.45, 2.75) is 25.7 Å². The van der Waals surface area contributed by atoms with E-state index in [1.807, 2.05) is 24.3 Å². The number of unbranched alkanes of at least 4 members (excludes halogenated alkanes) is 2. The fourth-order valence-corrected chi connectivity index (χ4v) is 2.06. The van der Waals surface area contributed by atoms with Crippen LogP contribution >= 0.6 is 0 Å². The molecule has 0 aromatic heterocycles. The molecule has 0 unspecified atom stereocenters. The Labute approximate surface area is 112 Å². The minimum absolute atomic E-state index is 0.244. The van der Waals surface area contributed by atoms with Crippen molar-refractivity contribution in [1.29, 1.82) is 0 Å². The first-order chi connectivity index (χ1) is 9.27. The molecule has 2 rings (SSSR count). The molecular formula is C16H18O3. The van der Waals surface area contributed by atoms with Gasteiger partial charge >= 0.3 is 5.97 Å². The number of carbonyl (C=O) groups is 1. The van der Waals surface area contributed by atoms with E-state index in [0.717, 1.165) is 24.0 Å². The summed E-state index contributed by atoms with van der Waals surface area (Å²) in [6.45, 7) is 0.633. The number of aliphatic carboxylic acids is 1. The van der Waals surface area contributed by atoms with E-state index in [9.17, 15) is 4.79 Å². The first kappa shape index (κ1) is 13.4. The highest BCUT2D eigenvalue weighted by Crippen LogP contribution is 2.25. The fourth-order valence-electron chi connectivity index (χ4n) is 2.06. The van der Waals surface area contributed by atoms with Crippen molar-refractivity contribution in [2.24, 2.45) is 0 Å². The van der Waals surface area contributed by atoms with Crippen LogP contribution in [-0.2, 0) is 4.79 Å². The van der Waals surface area contributed by atoms with Crippen molar-refractivity contribution in [3.8, 4) is 5.75 Å². The third-order valence-electron chi connectivity index (χ3n) is 3.04. The third kappa shape index (κ3) is 3.98. The van der Waals surface area contributed by atoms with Crippen molar-refractivity contribution >= 4 is 16.7 Å². The van der Waals surface area contributed by atoms with Gasteiger partial charge in [0.15, 0.2) is 0 Å². The summed E-state index contributed by atoms with van der Waals surface area (Å²) in [5, 5.41) is 10.8. The summed E-state index contributed by atoms with van der Waals surface area (Å²) >= 11 is 0. The molecule has 0 spiro atoms. The lowest BCUT2D eigenvalue weighted by atomic mass is 10.1. The zero-order chi connectivity index (χ0) is 13.5. The van der Waals surface area contributed by atoms with Crippen LogP contribution in [0.25, 0.3) is 10.8 Å². The molecule has 0 saturated carbocycles. The minimum Gasteiger partial charge on any atom is -0.493 e. The van der Waals surface area contributed by atoms with E-state index >= 15 is 0 Å². The molecule has 2 aromatic carbocycles. The second kappa shape index (κ2) is 6.78. The molecule has 0 aliphatic heterocycles. The van der Waals surface area contributed by atoms with E-state index in [-0.39, 0.29) is 6.42 Å². The lowest BCUT2D eigenvalue weighted by Crippen LogP contribution is -1.99. The fraction of sp³-hybridized carbons (Fsp3) is 0.312. The molecule has 0 heterocycles. The molecule has 3 heteroatoms. The summed E-state index contributed by atoms with van der Waals surface area (Å²) in [7, 11) is 0. The lowest BCUT2D eigenvalue weighted by Gasteiger charge is -2.09. The van der Waals surface area contributed by atoms with Gasteiger partial charge in [0.25, 0.3) is 0 Å². The van der Waals surface area contributed by atoms with Crippen LogP contribution in [-0.4, -0.2) is 17.7 Å². The maximum atomic E-state index is 10.4. The molecule has 0 atom stereocenters. The van der Waals surface area contributed by atoms with Gasteiger partial charge in [-0.15, -0.1) is 0 Å². The van der Waals surface area contributed by atoms with E-state index in [2.05, 4.69) is 18.2 Å². The Hall–Kier alpha value is -2.03. The Morgan fingerprint density at radius 3 is 2.63 bits per heavy atom. The number of fused-ring (bicyclic) bond motifs is 1. The Bertz CT molecular complexity index is 543. The Balaban J connectivity index is 1.83. The average Bonchev–Trinajstić information content (AvgIpc) is 2.42. The summed E-state index contributed by atoms with van der Waals surface area (Å²) in [4.78, 5) is 10.4. The predicted octanol–water partition coefficient (Wildman–Crippen LogP) is 3.86. The standard InChI is InChI=1S/C16H18O3/c17-16(18)11-2-1-5-12-19-15-10-6-8-13-7-3-4-9-14(13)15/h3-4,6-10H,1-2,5,11-12H2,(H,17,18). The first-order valence-electron chi connectivity index (χ1n) is 6.60. The molecule has 19 heavy (non-hydrogen) atoms. The summed E-state index contributed by atoms with van der Waals surface area (Å²) in [6, 6.07) is 14.2. The highest BCUT2D eigenvalue weighted by molar-refractivity contribution is 5.88. The largest absolute Gasteiger partial charge is 0.493 e. The molecule has 0 aliphatic carbocycles. The van der Waals surface area contributed by atoms with Gasteiger partial charge in [-0.2, -0.15) is 0 Å². The van der Waals surface area contributed by atoms with Gasteiger partial charge in [-0.3, -0.25) is 4.79 Å². The topological polar surface area (TPSA) is 46.5 Å². The molecule has 0 fully saturated rings. The molecular weight excluding hydrogens is 240 g/mol. The van der Waals surface area contributed by atoms with Crippen LogP contribution in [0.1, 0.15) is 25.7 Å². The summed E-state index contributed by atoms with van der Waals surface area (Å²) in [5.74, 6) is 0.173. The number of carboxylic acid groups (broad SMARTS) is 1. The van der Waals surface area contributed by atoms with Crippen LogP contribution in [0.3, 0.4) is 0 Å². The van der Waals surface area contributed by atoms with Crippen LogP contribution in [0.15, 0.2) is 42.5 Å². The predicted molar refractivity (Wildman–Crippen MR) is 75.5 cm³/mol. The second-order valence-electron chi connectivity index (χ2n) is 4.53. The van der Waals surface area contributed by atoms with Crippen molar-refractivity contribution in [3.05, 3.63) is 42.5 Å². The van der Waals surface area contributed by atoms with Crippen LogP contribution in [0, 0.1) is 0 Å². The zero-order valence-corrected chi connectivity index (χ0v) is 10.8. The van der Waals surface area contributed by atoms with Gasteiger partial charge in [0.1, 0.15) is 5.75 Å². The molecule has 0 saturated heterocycles. The number of benzene rings is 2. The van der Waals surface area contributed by atoms with E-state index in [1.165, 1.54) is 5.39 Å². The van der Waals surface area contributed by atoms with E-state index in [1.54, 1.807) is 0 Å². The van der Waals surface area contributed by atoms with Crippen molar-refractivity contribution < 1.29 is 14.6 Å². The molecule has 2 aromatic rings. The van der Waals surface area contributed by atoms with Gasteiger partial charge in [0.2, 0.25) is 0 Å². The number of ether oxygens (including phenoxy) is 1. The number of carboxylic acids is 1. The Morgan fingerprint density at radius 1 is 1.00 bits per heavy atom. The Morgan fingerprint density at radius 2 is 1.79 bits per heavy atom. The highest BCUT2D eigenvalue weighted by Gasteiger charge is 2.01. The zero-order valence-electron chi connectivity index (χ0n) is 10.8. The highest BCUT2D eigenvalue weighted by atomic mass is 16.5. The summed E-state index contributed by atoms with van der Waals surface area (Å²) in [5.41, 5.74) is 0. The van der Waals surface area contributed by atoms with Gasteiger partial charge < -0.3 is 9.84 Å². The van der Waals surface area contributed by atoms with Gasteiger partial charge in [-0.25, -0.2) is 0 Å². The maximum absolute atomic E-state index is 10.4. The molecule has 0 radical (unpaired) electrons. The summed E-state index contributed by atoms with van der Waals surface area (Å²) in [6.07, 6.45) is 2.73. The monoisotopic (exact) mass is 258 g/mol. The van der Waals surface area contributed by atoms with E-state index < -0.39 is 5.97 Å². The quantitative estimate of drug-likeness (QED) is 0.767. The molecule has 0 amide bonds. The van der Waals surface area contributed by atoms with Crippen LogP contribution in [0.5, 0.6) is 5.75 Å². The summed E-state index contributed by atoms with van der Waals surface area (Å²) < 4.78 is 5.78. The molecule has 1 N–H and O–H groups in total. The average molecular weight is 258 g/mol. The minimum atomic E-state index is -0.727. The van der Waals surface area contributed by atoms with Crippen LogP contribution < -0.4 is 4.74 Å². The normalized spacial score (nSPS) is 10.5. The van der Waals surface area contributed by atoms with Gasteiger partial charge in [0.05, 0.1) is 6.61 Å². The second-order valence-corrected chi connectivity index (χ2v) is 4.53. The molecule has 100 valence electrons. The first-order valence-corrected chi connectivity index (χ1v) is 6.60. The van der Waals surface area contributed by atoms with E-state index in [0.29, 0.717) is 13.0 Å². The third-order valence-corrected chi connectivity index (χ3v) is 3.04. The van der Waals surface area contributed by atoms with Gasteiger partial charge in [-0.1, -0.05) is 36.4 Å². The molecule has 3 nitrogen and oxygen atoms in total. The molecule has 0 aliphatic rings. The van der Waals surface area contributed by atoms with Gasteiger partial charge in [-0.05, 0) is 30.7 Å². The van der Waals surface area contributed by atoms with E-state index in [4.69, 9.17) is 9.84 Å². The number of hydrogen-bond donors (Lipinski definition) is 1. The van der Waals surface area contributed by atoms with Gasteiger partial charge in [0, 0.05) is 11.8 Å². The SMILES string of the molecule is O=C(O)CCCCCOc1cccc2ccccc12. The van der Waals surface area contributed by atoms with Crippen LogP contribution in [0.2, 0.25) is 0 Å². The van der Waals surface area contributed by atoms with Crippen molar-refractivity contribution in [1.82, 2.24) is 0 Å².